The summed E-state index contributed by atoms with van der Waals surface area (Å²) in [5, 5.41) is 0. The Labute approximate surface area is 63.9 Å². The van der Waals surface area contributed by atoms with Gasteiger partial charge in [-0.3, -0.25) is 0 Å². The molecule has 0 amide bonds. The summed E-state index contributed by atoms with van der Waals surface area (Å²) in [5.74, 6) is 1.79. The Morgan fingerprint density at radius 3 is 2.91 bits per heavy atom. The standard InChI is InChI=1S/C9H5NO/c11-6-9-8-4-2-1-3-7(8)5-10-9/h1-5H. The number of hydrogen-bond acceptors (Lipinski definition) is 2. The first-order valence-corrected chi connectivity index (χ1v) is 3.30. The minimum atomic E-state index is 0.403. The van der Waals surface area contributed by atoms with E-state index >= 15 is 0 Å². The van der Waals surface area contributed by atoms with Crippen LogP contribution in [0.25, 0.3) is 5.70 Å². The fraction of sp³-hybridized carbons (Fsp3) is 0. The normalized spacial score (nSPS) is 12.9. The van der Waals surface area contributed by atoms with E-state index in [4.69, 9.17) is 0 Å². The van der Waals surface area contributed by atoms with Crippen LogP contribution in [0.15, 0.2) is 29.3 Å². The molecule has 0 atom stereocenters. The summed E-state index contributed by atoms with van der Waals surface area (Å²) < 4.78 is 0. The van der Waals surface area contributed by atoms with Gasteiger partial charge in [-0.05, 0) is 0 Å². The summed E-state index contributed by atoms with van der Waals surface area (Å²) in [6.45, 7) is 0. The fourth-order valence-electron chi connectivity index (χ4n) is 1.11. The van der Waals surface area contributed by atoms with Crippen molar-refractivity contribution in [3.8, 4) is 0 Å². The molecule has 2 rings (SSSR count). The van der Waals surface area contributed by atoms with E-state index in [0.717, 1.165) is 11.1 Å². The Morgan fingerprint density at radius 2 is 2.09 bits per heavy atom. The Morgan fingerprint density at radius 1 is 1.27 bits per heavy atom. The van der Waals surface area contributed by atoms with Crippen LogP contribution in [0.3, 0.4) is 0 Å². The number of carbonyl (C=O) groups excluding carboxylic acids is 1. The van der Waals surface area contributed by atoms with Crippen molar-refractivity contribution in [3.05, 3.63) is 35.4 Å². The zero-order valence-corrected chi connectivity index (χ0v) is 5.74. The molecule has 0 unspecified atom stereocenters. The maximum atomic E-state index is 10.3. The molecule has 0 fully saturated rings. The second-order valence-corrected chi connectivity index (χ2v) is 2.30. The maximum Gasteiger partial charge on any atom is 0.154 e. The van der Waals surface area contributed by atoms with E-state index in [1.807, 2.05) is 24.3 Å². The van der Waals surface area contributed by atoms with Gasteiger partial charge in [0.05, 0.1) is 0 Å². The zero-order valence-electron chi connectivity index (χ0n) is 5.74. The number of nitrogens with zero attached hydrogens (tertiary/aromatic N) is 1. The molecule has 52 valence electrons. The molecule has 0 aliphatic carbocycles. The van der Waals surface area contributed by atoms with Crippen LogP contribution in [-0.2, 0) is 4.79 Å². The highest BCUT2D eigenvalue weighted by Gasteiger charge is 2.10. The van der Waals surface area contributed by atoms with E-state index in [1.54, 1.807) is 12.2 Å². The molecular weight excluding hydrogens is 138 g/mol. The van der Waals surface area contributed by atoms with Gasteiger partial charge in [-0.25, -0.2) is 9.79 Å². The molecule has 0 saturated heterocycles. The molecule has 0 bridgehead atoms. The van der Waals surface area contributed by atoms with Crippen LogP contribution >= 0.6 is 0 Å². The van der Waals surface area contributed by atoms with Gasteiger partial charge < -0.3 is 0 Å². The quantitative estimate of drug-likeness (QED) is 0.503. The van der Waals surface area contributed by atoms with Crippen molar-refractivity contribution in [3.63, 3.8) is 0 Å². The van der Waals surface area contributed by atoms with Crippen molar-refractivity contribution in [2.24, 2.45) is 4.99 Å². The van der Waals surface area contributed by atoms with E-state index in [0.29, 0.717) is 5.70 Å². The number of hydrogen-bond donors (Lipinski definition) is 0. The summed E-state index contributed by atoms with van der Waals surface area (Å²) in [4.78, 5) is 14.2. The summed E-state index contributed by atoms with van der Waals surface area (Å²) >= 11 is 0. The third kappa shape index (κ3) is 0.810. The van der Waals surface area contributed by atoms with E-state index in [2.05, 4.69) is 4.99 Å². The van der Waals surface area contributed by atoms with Gasteiger partial charge in [0, 0.05) is 17.3 Å². The summed E-state index contributed by atoms with van der Waals surface area (Å²) in [7, 11) is 0. The first-order chi connectivity index (χ1) is 5.42. The van der Waals surface area contributed by atoms with Crippen molar-refractivity contribution in [1.82, 2.24) is 0 Å². The minimum Gasteiger partial charge on any atom is -0.244 e. The lowest BCUT2D eigenvalue weighted by Crippen LogP contribution is -1.80. The molecule has 1 aliphatic heterocycles. The highest BCUT2D eigenvalue weighted by atomic mass is 16.1. The van der Waals surface area contributed by atoms with Crippen molar-refractivity contribution in [2.45, 2.75) is 0 Å². The zero-order chi connectivity index (χ0) is 7.68. The van der Waals surface area contributed by atoms with Gasteiger partial charge in [0.15, 0.2) is 11.6 Å². The van der Waals surface area contributed by atoms with E-state index < -0.39 is 0 Å². The van der Waals surface area contributed by atoms with Crippen LogP contribution in [-0.4, -0.2) is 12.2 Å². The Balaban J connectivity index is 2.72. The van der Waals surface area contributed by atoms with E-state index in [-0.39, 0.29) is 0 Å². The van der Waals surface area contributed by atoms with Gasteiger partial charge in [0.1, 0.15) is 0 Å². The Kier molecular flexibility index (Phi) is 1.21. The average molecular weight is 143 g/mol. The fourth-order valence-corrected chi connectivity index (χ4v) is 1.11. The molecule has 1 aromatic rings. The first kappa shape index (κ1) is 6.08. The molecule has 0 radical (unpaired) electrons. The summed E-state index contributed by atoms with van der Waals surface area (Å²) in [6.07, 6.45) is 1.68. The number of benzene rings is 1. The van der Waals surface area contributed by atoms with Gasteiger partial charge >= 0.3 is 0 Å². The molecule has 11 heavy (non-hydrogen) atoms. The molecule has 0 aromatic heterocycles. The second-order valence-electron chi connectivity index (χ2n) is 2.30. The molecule has 2 nitrogen and oxygen atoms in total. The van der Waals surface area contributed by atoms with Gasteiger partial charge in [-0.1, -0.05) is 24.3 Å². The second kappa shape index (κ2) is 2.19. The predicted molar refractivity (Wildman–Crippen MR) is 43.1 cm³/mol. The highest BCUT2D eigenvalue weighted by molar-refractivity contribution is 6.04. The van der Waals surface area contributed by atoms with Crippen LogP contribution < -0.4 is 0 Å². The van der Waals surface area contributed by atoms with Crippen LogP contribution in [0.4, 0.5) is 0 Å². The van der Waals surface area contributed by atoms with Crippen molar-refractivity contribution >= 4 is 17.9 Å². The summed E-state index contributed by atoms with van der Waals surface area (Å²) in [6, 6.07) is 7.58. The van der Waals surface area contributed by atoms with Crippen LogP contribution in [0.2, 0.25) is 0 Å². The topological polar surface area (TPSA) is 29.4 Å². The third-order valence-corrected chi connectivity index (χ3v) is 1.65. The molecule has 1 aromatic carbocycles. The first-order valence-electron chi connectivity index (χ1n) is 3.30. The number of aliphatic imine (C=N–C) groups is 1. The van der Waals surface area contributed by atoms with E-state index in [1.165, 1.54) is 0 Å². The van der Waals surface area contributed by atoms with Crippen molar-refractivity contribution in [2.75, 3.05) is 0 Å². The maximum absolute atomic E-state index is 10.3. The SMILES string of the molecule is O=C=C1N=Cc2ccccc21. The number of fused-ring (bicyclic) bond motifs is 1. The summed E-state index contributed by atoms with van der Waals surface area (Å²) in [5.41, 5.74) is 2.27. The Hall–Kier alpha value is -1.66. The van der Waals surface area contributed by atoms with Crippen molar-refractivity contribution < 1.29 is 4.79 Å². The average Bonchev–Trinajstić information content (AvgIpc) is 2.47. The lowest BCUT2D eigenvalue weighted by molar-refractivity contribution is 0.569. The monoisotopic (exact) mass is 143 g/mol. The van der Waals surface area contributed by atoms with Gasteiger partial charge in [-0.15, -0.1) is 0 Å². The molecule has 1 heterocycles. The number of rotatable bonds is 0. The van der Waals surface area contributed by atoms with Gasteiger partial charge in [0.2, 0.25) is 0 Å². The largest absolute Gasteiger partial charge is 0.244 e. The minimum absolute atomic E-state index is 0.403. The van der Waals surface area contributed by atoms with Gasteiger partial charge in [0.25, 0.3) is 0 Å². The molecule has 0 saturated carbocycles. The Bertz CT molecular complexity index is 373. The molecule has 0 spiro atoms. The van der Waals surface area contributed by atoms with Gasteiger partial charge in [-0.2, -0.15) is 0 Å². The predicted octanol–water partition coefficient (Wildman–Crippen LogP) is 1.29. The lowest BCUT2D eigenvalue weighted by atomic mass is 10.1. The molecule has 2 heteroatoms. The lowest BCUT2D eigenvalue weighted by Gasteiger charge is -1.92. The van der Waals surface area contributed by atoms with Crippen LogP contribution in [0.5, 0.6) is 0 Å². The molecule has 0 N–H and O–H groups in total. The highest BCUT2D eigenvalue weighted by Crippen LogP contribution is 2.21. The van der Waals surface area contributed by atoms with Crippen LogP contribution in [0.1, 0.15) is 11.1 Å². The smallest absolute Gasteiger partial charge is 0.154 e. The molecular formula is C9H5NO. The third-order valence-electron chi connectivity index (χ3n) is 1.65. The molecule has 1 aliphatic rings. The van der Waals surface area contributed by atoms with Crippen molar-refractivity contribution in [1.29, 1.82) is 0 Å². The van der Waals surface area contributed by atoms with Crippen LogP contribution in [0, 0.1) is 0 Å². The van der Waals surface area contributed by atoms with E-state index in [9.17, 15) is 4.79 Å².